The summed E-state index contributed by atoms with van der Waals surface area (Å²) in [7, 11) is 0. The van der Waals surface area contributed by atoms with Gasteiger partial charge in [0, 0.05) is 10.2 Å². The van der Waals surface area contributed by atoms with E-state index in [2.05, 4.69) is 37.9 Å². The summed E-state index contributed by atoms with van der Waals surface area (Å²) in [5.41, 5.74) is 2.35. The fourth-order valence-electron chi connectivity index (χ4n) is 1.97. The molecule has 1 nitrogen and oxygen atoms in total. The predicted molar refractivity (Wildman–Crippen MR) is 65.1 cm³/mol. The monoisotopic (exact) mass is 318 g/mol. The highest BCUT2D eigenvalue weighted by Crippen LogP contribution is 2.38. The van der Waals surface area contributed by atoms with Crippen molar-refractivity contribution in [1.82, 2.24) is 0 Å². The van der Waals surface area contributed by atoms with Gasteiger partial charge in [0.15, 0.2) is 0 Å². The molecule has 1 aromatic carbocycles. The first-order chi connectivity index (χ1) is 6.74. The summed E-state index contributed by atoms with van der Waals surface area (Å²) < 4.78 is 0. The lowest BCUT2D eigenvalue weighted by Crippen LogP contribution is -2.30. The maximum atomic E-state index is 10.1. The second-order valence-electron chi connectivity index (χ2n) is 3.71. The zero-order valence-corrected chi connectivity index (χ0v) is 10.8. The standard InChI is InChI=1S/C11H12Br2O/c12-6-8-5-7-3-1-2-4-9(7)11(14)10(8)13/h1-4,8,10-11,14H,5-6H2/t8-,10-,11-/m1/s1. The van der Waals surface area contributed by atoms with E-state index in [1.807, 2.05) is 18.2 Å². The summed E-state index contributed by atoms with van der Waals surface area (Å²) in [4.78, 5) is 0.164. The molecule has 0 fully saturated rings. The van der Waals surface area contributed by atoms with Crippen LogP contribution in [0.3, 0.4) is 0 Å². The van der Waals surface area contributed by atoms with Crippen LogP contribution in [-0.2, 0) is 6.42 Å². The number of alkyl halides is 2. The first kappa shape index (κ1) is 10.7. The molecule has 0 saturated heterocycles. The van der Waals surface area contributed by atoms with Crippen molar-refractivity contribution in [2.75, 3.05) is 5.33 Å². The van der Waals surface area contributed by atoms with E-state index in [4.69, 9.17) is 0 Å². The lowest BCUT2D eigenvalue weighted by atomic mass is 9.83. The summed E-state index contributed by atoms with van der Waals surface area (Å²) in [5.74, 6) is 0.472. The van der Waals surface area contributed by atoms with Gasteiger partial charge in [0.2, 0.25) is 0 Å². The van der Waals surface area contributed by atoms with Gasteiger partial charge in [-0.05, 0) is 23.5 Å². The first-order valence-corrected chi connectivity index (χ1v) is 6.73. The lowest BCUT2D eigenvalue weighted by molar-refractivity contribution is 0.148. The number of hydrogen-bond donors (Lipinski definition) is 1. The van der Waals surface area contributed by atoms with Crippen molar-refractivity contribution in [2.24, 2.45) is 5.92 Å². The Morgan fingerprint density at radius 2 is 2.07 bits per heavy atom. The van der Waals surface area contributed by atoms with Crippen LogP contribution in [0, 0.1) is 5.92 Å². The van der Waals surface area contributed by atoms with E-state index in [0.717, 1.165) is 17.3 Å². The number of benzene rings is 1. The smallest absolute Gasteiger partial charge is 0.0920 e. The molecular formula is C11H12Br2O. The van der Waals surface area contributed by atoms with Crippen molar-refractivity contribution in [3.05, 3.63) is 35.4 Å². The number of rotatable bonds is 1. The van der Waals surface area contributed by atoms with E-state index in [1.54, 1.807) is 0 Å². The van der Waals surface area contributed by atoms with Crippen LogP contribution in [0.25, 0.3) is 0 Å². The molecule has 0 amide bonds. The second kappa shape index (κ2) is 4.33. The molecule has 0 spiro atoms. The van der Waals surface area contributed by atoms with Crippen molar-refractivity contribution in [3.63, 3.8) is 0 Å². The maximum Gasteiger partial charge on any atom is 0.0920 e. The summed E-state index contributed by atoms with van der Waals surface area (Å²) in [6.45, 7) is 0. The summed E-state index contributed by atoms with van der Waals surface area (Å²) in [6.07, 6.45) is 0.663. The molecule has 0 aliphatic heterocycles. The third kappa shape index (κ3) is 1.77. The van der Waals surface area contributed by atoms with Crippen LogP contribution in [0.4, 0.5) is 0 Å². The van der Waals surface area contributed by atoms with Gasteiger partial charge in [0.25, 0.3) is 0 Å². The predicted octanol–water partition coefficient (Wildman–Crippen LogP) is 3.05. The molecule has 76 valence electrons. The molecule has 2 rings (SSSR count). The fraction of sp³-hybridized carbons (Fsp3) is 0.455. The minimum absolute atomic E-state index is 0.164. The molecule has 0 radical (unpaired) electrons. The van der Waals surface area contributed by atoms with E-state index < -0.39 is 0 Å². The number of aliphatic hydroxyl groups is 1. The Hall–Kier alpha value is 0.140. The van der Waals surface area contributed by atoms with Gasteiger partial charge in [0.05, 0.1) is 6.10 Å². The highest BCUT2D eigenvalue weighted by Gasteiger charge is 2.32. The number of hydrogen-bond acceptors (Lipinski definition) is 1. The molecule has 1 aliphatic rings. The van der Waals surface area contributed by atoms with Gasteiger partial charge in [-0.3, -0.25) is 0 Å². The van der Waals surface area contributed by atoms with Crippen LogP contribution in [0.1, 0.15) is 17.2 Å². The van der Waals surface area contributed by atoms with Gasteiger partial charge < -0.3 is 5.11 Å². The average Bonchev–Trinajstić information content (AvgIpc) is 2.23. The van der Waals surface area contributed by atoms with Crippen molar-refractivity contribution in [2.45, 2.75) is 17.4 Å². The van der Waals surface area contributed by atoms with Crippen molar-refractivity contribution >= 4 is 31.9 Å². The maximum absolute atomic E-state index is 10.1. The van der Waals surface area contributed by atoms with E-state index in [9.17, 15) is 5.11 Å². The molecule has 14 heavy (non-hydrogen) atoms. The van der Waals surface area contributed by atoms with Crippen molar-refractivity contribution < 1.29 is 5.11 Å². The van der Waals surface area contributed by atoms with Gasteiger partial charge in [0.1, 0.15) is 0 Å². The highest BCUT2D eigenvalue weighted by atomic mass is 79.9. The van der Waals surface area contributed by atoms with E-state index in [0.29, 0.717) is 5.92 Å². The third-order valence-electron chi connectivity index (χ3n) is 2.81. The molecule has 0 saturated carbocycles. The van der Waals surface area contributed by atoms with Gasteiger partial charge >= 0.3 is 0 Å². The molecule has 0 unspecified atom stereocenters. The van der Waals surface area contributed by atoms with Gasteiger partial charge in [-0.1, -0.05) is 56.1 Å². The van der Waals surface area contributed by atoms with E-state index in [1.165, 1.54) is 5.56 Å². The molecule has 1 aliphatic carbocycles. The SMILES string of the molecule is O[C@@H]1c2ccccc2C[C@H](CBr)[C@H]1Br. The van der Waals surface area contributed by atoms with Gasteiger partial charge in [-0.25, -0.2) is 0 Å². The second-order valence-corrected chi connectivity index (χ2v) is 5.41. The zero-order chi connectivity index (χ0) is 10.1. The Balaban J connectivity index is 2.37. The summed E-state index contributed by atoms with van der Waals surface area (Å²) in [5, 5.41) is 11.0. The number of aliphatic hydroxyl groups excluding tert-OH is 1. The van der Waals surface area contributed by atoms with Crippen LogP contribution < -0.4 is 0 Å². The lowest BCUT2D eigenvalue weighted by Gasteiger charge is -2.32. The minimum atomic E-state index is -0.373. The minimum Gasteiger partial charge on any atom is -0.387 e. The number of halogens is 2. The normalized spacial score (nSPS) is 31.2. The topological polar surface area (TPSA) is 20.2 Å². The fourth-order valence-corrected chi connectivity index (χ4v) is 3.76. The van der Waals surface area contributed by atoms with Gasteiger partial charge in [-0.15, -0.1) is 0 Å². The van der Waals surface area contributed by atoms with Crippen molar-refractivity contribution in [1.29, 1.82) is 0 Å². The van der Waals surface area contributed by atoms with Crippen LogP contribution in [-0.4, -0.2) is 15.3 Å². The molecule has 0 aromatic heterocycles. The molecule has 3 atom stereocenters. The Morgan fingerprint density at radius 3 is 2.79 bits per heavy atom. The van der Waals surface area contributed by atoms with Crippen LogP contribution in [0.15, 0.2) is 24.3 Å². The molecule has 3 heteroatoms. The highest BCUT2D eigenvalue weighted by molar-refractivity contribution is 9.10. The Morgan fingerprint density at radius 1 is 1.36 bits per heavy atom. The Bertz CT molecular complexity index is 327. The quantitative estimate of drug-likeness (QED) is 0.789. The van der Waals surface area contributed by atoms with E-state index >= 15 is 0 Å². The van der Waals surface area contributed by atoms with Gasteiger partial charge in [-0.2, -0.15) is 0 Å². The third-order valence-corrected chi connectivity index (χ3v) is 4.89. The molecule has 0 heterocycles. The molecule has 1 aromatic rings. The summed E-state index contributed by atoms with van der Waals surface area (Å²) >= 11 is 7.06. The van der Waals surface area contributed by atoms with Crippen LogP contribution in [0.2, 0.25) is 0 Å². The molecule has 0 bridgehead atoms. The van der Waals surface area contributed by atoms with E-state index in [-0.39, 0.29) is 10.9 Å². The Kier molecular flexibility index (Phi) is 3.30. The largest absolute Gasteiger partial charge is 0.387 e. The Labute approximate surface area is 101 Å². The molecule has 1 N–H and O–H groups in total. The number of fused-ring (bicyclic) bond motifs is 1. The van der Waals surface area contributed by atoms with Crippen LogP contribution in [0.5, 0.6) is 0 Å². The molecular weight excluding hydrogens is 308 g/mol. The van der Waals surface area contributed by atoms with Crippen molar-refractivity contribution in [3.8, 4) is 0 Å². The summed E-state index contributed by atoms with van der Waals surface area (Å²) in [6, 6.07) is 8.13. The zero-order valence-electron chi connectivity index (χ0n) is 7.66. The first-order valence-electron chi connectivity index (χ1n) is 4.70. The average molecular weight is 320 g/mol. The van der Waals surface area contributed by atoms with Crippen LogP contribution >= 0.6 is 31.9 Å².